The molecule has 9 heteroatoms. The molecule has 0 spiro atoms. The second-order valence-corrected chi connectivity index (χ2v) is 6.82. The molecule has 1 aliphatic heterocycles. The summed E-state index contributed by atoms with van der Waals surface area (Å²) in [6.07, 6.45) is 2.87. The van der Waals surface area contributed by atoms with Crippen molar-refractivity contribution in [2.24, 2.45) is 5.10 Å². The van der Waals surface area contributed by atoms with E-state index in [2.05, 4.69) is 5.10 Å². The van der Waals surface area contributed by atoms with Crippen molar-refractivity contribution in [1.82, 2.24) is 5.01 Å². The predicted molar refractivity (Wildman–Crippen MR) is 104 cm³/mol. The van der Waals surface area contributed by atoms with E-state index in [1.165, 1.54) is 30.5 Å². The minimum absolute atomic E-state index is 0.159. The molecular formula is C17H11N3O4S2. The Balaban J connectivity index is 1.87. The molecule has 1 amide bonds. The number of benzene rings is 2. The molecule has 1 N–H and O–H groups in total. The van der Waals surface area contributed by atoms with Crippen molar-refractivity contribution >= 4 is 52.2 Å². The van der Waals surface area contributed by atoms with Crippen LogP contribution in [0.2, 0.25) is 0 Å². The molecule has 0 saturated carbocycles. The number of hydrogen-bond acceptors (Lipinski definition) is 7. The quantitative estimate of drug-likeness (QED) is 0.284. The van der Waals surface area contributed by atoms with E-state index in [0.717, 1.165) is 22.3 Å². The lowest BCUT2D eigenvalue weighted by Gasteiger charge is -2.06. The van der Waals surface area contributed by atoms with E-state index < -0.39 is 10.8 Å². The first-order valence-corrected chi connectivity index (χ1v) is 8.52. The van der Waals surface area contributed by atoms with E-state index in [-0.39, 0.29) is 26.2 Å². The number of hydrogen-bond donors (Lipinski definition) is 1. The van der Waals surface area contributed by atoms with Gasteiger partial charge in [-0.15, -0.1) is 0 Å². The van der Waals surface area contributed by atoms with Gasteiger partial charge >= 0.3 is 0 Å². The van der Waals surface area contributed by atoms with Crippen LogP contribution < -0.4 is 0 Å². The Labute approximate surface area is 157 Å². The normalized spacial score (nSPS) is 16.0. The number of carbonyl (C=O) groups excluding carboxylic acids is 1. The Morgan fingerprint density at radius 2 is 1.96 bits per heavy atom. The van der Waals surface area contributed by atoms with Crippen LogP contribution in [0.3, 0.4) is 0 Å². The summed E-state index contributed by atoms with van der Waals surface area (Å²) < 4.78 is 0.235. The van der Waals surface area contributed by atoms with Crippen molar-refractivity contribution in [2.75, 3.05) is 0 Å². The van der Waals surface area contributed by atoms with Gasteiger partial charge in [-0.2, -0.15) is 10.1 Å². The predicted octanol–water partition coefficient (Wildman–Crippen LogP) is 3.54. The molecule has 130 valence electrons. The van der Waals surface area contributed by atoms with E-state index in [9.17, 15) is 20.0 Å². The van der Waals surface area contributed by atoms with E-state index in [1.807, 2.05) is 30.3 Å². The lowest BCUT2D eigenvalue weighted by molar-refractivity contribution is -0.384. The largest absolute Gasteiger partial charge is 0.507 e. The number of phenols is 1. The van der Waals surface area contributed by atoms with Crippen LogP contribution in [0.25, 0.3) is 6.08 Å². The summed E-state index contributed by atoms with van der Waals surface area (Å²) >= 11 is 6.18. The van der Waals surface area contributed by atoms with Gasteiger partial charge in [-0.1, -0.05) is 42.1 Å². The van der Waals surface area contributed by atoms with Crippen LogP contribution in [0.4, 0.5) is 5.69 Å². The van der Waals surface area contributed by atoms with E-state index in [4.69, 9.17) is 12.2 Å². The summed E-state index contributed by atoms with van der Waals surface area (Å²) in [5.41, 5.74) is 0.778. The molecule has 0 radical (unpaired) electrons. The number of phenolic OH excluding ortho intramolecular Hbond substituents is 1. The number of thiocarbonyl (C=S) groups is 1. The van der Waals surface area contributed by atoms with Crippen molar-refractivity contribution in [3.8, 4) is 5.75 Å². The summed E-state index contributed by atoms with van der Waals surface area (Å²) in [5, 5.41) is 25.9. The maximum Gasteiger partial charge on any atom is 0.286 e. The average Bonchev–Trinajstić information content (AvgIpc) is 2.89. The van der Waals surface area contributed by atoms with E-state index in [1.54, 1.807) is 0 Å². The second-order valence-electron chi connectivity index (χ2n) is 5.15. The lowest BCUT2D eigenvalue weighted by atomic mass is 10.1. The van der Waals surface area contributed by atoms with Gasteiger partial charge < -0.3 is 5.11 Å². The molecule has 0 atom stereocenters. The van der Waals surface area contributed by atoms with Gasteiger partial charge in [0, 0.05) is 17.7 Å². The van der Waals surface area contributed by atoms with Gasteiger partial charge in [-0.25, -0.2) is 0 Å². The molecule has 1 heterocycles. The highest BCUT2D eigenvalue weighted by molar-refractivity contribution is 8.26. The van der Waals surface area contributed by atoms with Crippen molar-refractivity contribution < 1.29 is 14.8 Å². The van der Waals surface area contributed by atoms with Crippen LogP contribution in [0, 0.1) is 10.1 Å². The van der Waals surface area contributed by atoms with Gasteiger partial charge in [0.2, 0.25) is 0 Å². The standard InChI is InChI=1S/C17H11N3O4S2/c21-14-7-6-13(20(23)24)8-12(14)9-15-16(22)19(17(25)26-15)18-10-11-4-2-1-3-5-11/h1-10,21H/b15-9-,18-10-. The van der Waals surface area contributed by atoms with Crippen molar-refractivity contribution in [3.05, 3.63) is 74.7 Å². The maximum absolute atomic E-state index is 12.5. The fourth-order valence-corrected chi connectivity index (χ4v) is 3.30. The topological polar surface area (TPSA) is 96.0 Å². The molecule has 0 bridgehead atoms. The number of aromatic hydroxyl groups is 1. The molecular weight excluding hydrogens is 374 g/mol. The number of non-ortho nitro benzene ring substituents is 1. The number of nitro benzene ring substituents is 1. The number of rotatable bonds is 4. The number of amides is 1. The van der Waals surface area contributed by atoms with E-state index in [0.29, 0.717) is 0 Å². The zero-order valence-electron chi connectivity index (χ0n) is 13.1. The lowest BCUT2D eigenvalue weighted by Crippen LogP contribution is -2.22. The fourth-order valence-electron chi connectivity index (χ4n) is 2.13. The summed E-state index contributed by atoms with van der Waals surface area (Å²) in [6, 6.07) is 12.8. The molecule has 1 fully saturated rings. The van der Waals surface area contributed by atoms with Crippen LogP contribution in [0.5, 0.6) is 5.75 Å². The van der Waals surface area contributed by atoms with Gasteiger partial charge in [0.05, 0.1) is 16.0 Å². The Morgan fingerprint density at radius 1 is 1.23 bits per heavy atom. The molecule has 0 aromatic heterocycles. The highest BCUT2D eigenvalue weighted by Crippen LogP contribution is 2.35. The van der Waals surface area contributed by atoms with E-state index >= 15 is 0 Å². The summed E-state index contributed by atoms with van der Waals surface area (Å²) in [5.74, 6) is -0.633. The molecule has 7 nitrogen and oxygen atoms in total. The molecule has 0 aliphatic carbocycles. The van der Waals surface area contributed by atoms with Gasteiger partial charge in [-0.05, 0) is 29.9 Å². The first-order valence-electron chi connectivity index (χ1n) is 7.30. The first kappa shape index (κ1) is 17.8. The van der Waals surface area contributed by atoms with Crippen molar-refractivity contribution in [2.45, 2.75) is 0 Å². The number of nitro groups is 1. The van der Waals surface area contributed by atoms with Gasteiger partial charge in [0.15, 0.2) is 4.32 Å². The van der Waals surface area contributed by atoms with Crippen LogP contribution in [0.15, 0.2) is 58.5 Å². The summed E-state index contributed by atoms with van der Waals surface area (Å²) in [6.45, 7) is 0. The summed E-state index contributed by atoms with van der Waals surface area (Å²) in [7, 11) is 0. The average molecular weight is 385 g/mol. The zero-order valence-corrected chi connectivity index (χ0v) is 14.7. The highest BCUT2D eigenvalue weighted by atomic mass is 32.2. The molecule has 1 saturated heterocycles. The third-order valence-electron chi connectivity index (χ3n) is 3.40. The third kappa shape index (κ3) is 3.79. The Kier molecular flexibility index (Phi) is 5.10. The van der Waals surface area contributed by atoms with Gasteiger partial charge in [0.25, 0.3) is 11.6 Å². The number of nitrogens with zero attached hydrogens (tertiary/aromatic N) is 3. The Morgan fingerprint density at radius 3 is 2.65 bits per heavy atom. The molecule has 1 aliphatic rings. The van der Waals surface area contributed by atoms with Gasteiger partial charge in [0.1, 0.15) is 5.75 Å². The van der Waals surface area contributed by atoms with Crippen LogP contribution in [-0.4, -0.2) is 31.5 Å². The Bertz CT molecular complexity index is 958. The van der Waals surface area contributed by atoms with Crippen LogP contribution in [0.1, 0.15) is 11.1 Å². The smallest absolute Gasteiger partial charge is 0.286 e. The maximum atomic E-state index is 12.5. The summed E-state index contributed by atoms with van der Waals surface area (Å²) in [4.78, 5) is 23.0. The minimum atomic E-state index is -0.577. The molecule has 2 aromatic rings. The van der Waals surface area contributed by atoms with Crippen LogP contribution >= 0.6 is 24.0 Å². The Hall–Kier alpha value is -3.04. The fraction of sp³-hybridized carbons (Fsp3) is 0. The SMILES string of the molecule is O=C1/C(=C/c2cc([N+](=O)[O-])ccc2O)SC(=S)N1/N=C\c1ccccc1. The van der Waals surface area contributed by atoms with Crippen LogP contribution in [-0.2, 0) is 4.79 Å². The molecule has 0 unspecified atom stereocenters. The molecule has 2 aromatic carbocycles. The third-order valence-corrected chi connectivity index (χ3v) is 4.69. The van der Waals surface area contributed by atoms with Gasteiger partial charge in [-0.3, -0.25) is 14.9 Å². The number of thioether (sulfide) groups is 1. The first-order chi connectivity index (χ1) is 12.5. The highest BCUT2D eigenvalue weighted by Gasteiger charge is 2.32. The monoisotopic (exact) mass is 385 g/mol. The molecule has 3 rings (SSSR count). The minimum Gasteiger partial charge on any atom is -0.507 e. The zero-order chi connectivity index (χ0) is 18.7. The number of carbonyl (C=O) groups is 1. The van der Waals surface area contributed by atoms with Crippen molar-refractivity contribution in [3.63, 3.8) is 0 Å². The van der Waals surface area contributed by atoms with Crippen molar-refractivity contribution in [1.29, 1.82) is 0 Å². The second kappa shape index (κ2) is 7.46. The number of hydrazone groups is 1. The molecule has 26 heavy (non-hydrogen) atoms.